The summed E-state index contributed by atoms with van der Waals surface area (Å²) in [6.45, 7) is 1.03. The van der Waals surface area contributed by atoms with Gasteiger partial charge in [0.2, 0.25) is 5.91 Å². The fourth-order valence-electron chi connectivity index (χ4n) is 0.924. The van der Waals surface area contributed by atoms with Gasteiger partial charge in [-0.2, -0.15) is 13.2 Å². The van der Waals surface area contributed by atoms with Crippen LogP contribution in [0.2, 0.25) is 0 Å². The van der Waals surface area contributed by atoms with Crippen molar-refractivity contribution in [2.45, 2.75) is 19.0 Å². The minimum absolute atomic E-state index is 0.343. The van der Waals surface area contributed by atoms with Gasteiger partial charge < -0.3 is 10.2 Å². The number of nitrogens with zero attached hydrogens (tertiary/aromatic N) is 1. The molecule has 0 fully saturated rings. The number of nitrogens with one attached hydrogen (secondary N) is 1. The van der Waals surface area contributed by atoms with Crippen molar-refractivity contribution in [3.63, 3.8) is 0 Å². The Balaban J connectivity index is 3.77. The molecule has 0 aliphatic heterocycles. The van der Waals surface area contributed by atoms with Crippen molar-refractivity contribution in [3.8, 4) is 0 Å². The molecule has 1 N–H and O–H groups in total. The molecule has 0 saturated carbocycles. The second-order valence-corrected chi connectivity index (χ2v) is 3.06. The lowest BCUT2D eigenvalue weighted by Crippen LogP contribution is -2.32. The standard InChI is InChI=1S/C8H15F3N2O/c1-12-4-3-5-13(2)7(14)6-8(9,10)11/h12H,3-6H2,1-2H3. The van der Waals surface area contributed by atoms with Crippen LogP contribution in [0.15, 0.2) is 0 Å². The molecule has 0 atom stereocenters. The molecule has 0 aliphatic carbocycles. The molecule has 0 saturated heterocycles. The number of rotatable bonds is 5. The number of carbonyl (C=O) groups is 1. The first-order chi connectivity index (χ1) is 6.37. The highest BCUT2D eigenvalue weighted by molar-refractivity contribution is 5.76. The van der Waals surface area contributed by atoms with E-state index in [0.29, 0.717) is 19.5 Å². The van der Waals surface area contributed by atoms with Crippen molar-refractivity contribution in [3.05, 3.63) is 0 Å². The zero-order chi connectivity index (χ0) is 11.2. The van der Waals surface area contributed by atoms with Crippen LogP contribution in [0.25, 0.3) is 0 Å². The van der Waals surface area contributed by atoms with Gasteiger partial charge in [-0.1, -0.05) is 0 Å². The molecule has 1 amide bonds. The predicted octanol–water partition coefficient (Wildman–Crippen LogP) is 1.01. The molecule has 0 heterocycles. The van der Waals surface area contributed by atoms with E-state index < -0.39 is 18.5 Å². The number of halogens is 3. The lowest BCUT2D eigenvalue weighted by molar-refractivity contribution is -0.160. The number of carbonyl (C=O) groups excluding carboxylic acids is 1. The van der Waals surface area contributed by atoms with Gasteiger partial charge in [-0.15, -0.1) is 0 Å². The fraction of sp³-hybridized carbons (Fsp3) is 0.875. The second-order valence-electron chi connectivity index (χ2n) is 3.06. The SMILES string of the molecule is CNCCCN(C)C(=O)CC(F)(F)F. The molecule has 0 aromatic rings. The smallest absolute Gasteiger partial charge is 0.345 e. The Bertz CT molecular complexity index is 182. The molecule has 0 aromatic heterocycles. The molecule has 84 valence electrons. The minimum atomic E-state index is -4.41. The molecular weight excluding hydrogens is 197 g/mol. The summed E-state index contributed by atoms with van der Waals surface area (Å²) in [7, 11) is 3.13. The molecule has 0 unspecified atom stereocenters. The van der Waals surface area contributed by atoms with Crippen molar-refractivity contribution in [2.24, 2.45) is 0 Å². The minimum Gasteiger partial charge on any atom is -0.345 e. The number of hydrogen-bond donors (Lipinski definition) is 1. The highest BCUT2D eigenvalue weighted by atomic mass is 19.4. The third kappa shape index (κ3) is 6.71. The molecule has 0 aromatic carbocycles. The van der Waals surface area contributed by atoms with E-state index in [0.717, 1.165) is 4.90 Å². The second kappa shape index (κ2) is 5.85. The van der Waals surface area contributed by atoms with Crippen molar-refractivity contribution >= 4 is 5.91 Å². The van der Waals surface area contributed by atoms with Gasteiger partial charge in [0, 0.05) is 13.6 Å². The molecule has 0 bridgehead atoms. The zero-order valence-corrected chi connectivity index (χ0v) is 8.32. The van der Waals surface area contributed by atoms with Crippen LogP contribution < -0.4 is 5.32 Å². The van der Waals surface area contributed by atoms with Gasteiger partial charge in [0.25, 0.3) is 0 Å². The van der Waals surface area contributed by atoms with Crippen LogP contribution in [0.1, 0.15) is 12.8 Å². The molecule has 0 radical (unpaired) electrons. The van der Waals surface area contributed by atoms with Crippen molar-refractivity contribution in [1.29, 1.82) is 0 Å². The molecular formula is C8H15F3N2O. The quantitative estimate of drug-likeness (QED) is 0.690. The highest BCUT2D eigenvalue weighted by Crippen LogP contribution is 2.20. The van der Waals surface area contributed by atoms with Crippen LogP contribution in [0.5, 0.6) is 0 Å². The van der Waals surface area contributed by atoms with E-state index >= 15 is 0 Å². The Morgan fingerprint density at radius 1 is 1.43 bits per heavy atom. The zero-order valence-electron chi connectivity index (χ0n) is 8.32. The lowest BCUT2D eigenvalue weighted by atomic mass is 10.3. The van der Waals surface area contributed by atoms with E-state index in [2.05, 4.69) is 5.32 Å². The van der Waals surface area contributed by atoms with Gasteiger partial charge in [0.15, 0.2) is 0 Å². The van der Waals surface area contributed by atoms with E-state index in [9.17, 15) is 18.0 Å². The maximum absolute atomic E-state index is 11.8. The Morgan fingerprint density at radius 2 is 2.00 bits per heavy atom. The molecule has 0 rings (SSSR count). The van der Waals surface area contributed by atoms with Gasteiger partial charge in [0.1, 0.15) is 6.42 Å². The number of hydrogen-bond acceptors (Lipinski definition) is 2. The van der Waals surface area contributed by atoms with Crippen LogP contribution in [0.3, 0.4) is 0 Å². The van der Waals surface area contributed by atoms with Crippen LogP contribution in [-0.4, -0.2) is 44.2 Å². The molecule has 3 nitrogen and oxygen atoms in total. The van der Waals surface area contributed by atoms with Crippen molar-refractivity contribution in [2.75, 3.05) is 27.2 Å². The van der Waals surface area contributed by atoms with E-state index in [4.69, 9.17) is 0 Å². The summed E-state index contributed by atoms with van der Waals surface area (Å²) in [5.41, 5.74) is 0. The normalized spacial score (nSPS) is 11.5. The summed E-state index contributed by atoms with van der Waals surface area (Å²) in [6.07, 6.45) is -5.13. The Kier molecular flexibility index (Phi) is 5.52. The van der Waals surface area contributed by atoms with Crippen LogP contribution >= 0.6 is 0 Å². The summed E-state index contributed by atoms with van der Waals surface area (Å²) >= 11 is 0. The van der Waals surface area contributed by atoms with Gasteiger partial charge in [-0.3, -0.25) is 4.79 Å². The average molecular weight is 212 g/mol. The average Bonchev–Trinajstić information content (AvgIpc) is 2.01. The number of alkyl halides is 3. The van der Waals surface area contributed by atoms with Crippen LogP contribution in [0, 0.1) is 0 Å². The summed E-state index contributed by atoms with van der Waals surface area (Å²) < 4.78 is 35.4. The predicted molar refractivity (Wildman–Crippen MR) is 46.9 cm³/mol. The summed E-state index contributed by atoms with van der Waals surface area (Å²) in [5, 5.41) is 2.85. The highest BCUT2D eigenvalue weighted by Gasteiger charge is 2.32. The first-order valence-corrected chi connectivity index (χ1v) is 4.32. The Labute approximate surface area is 81.3 Å². The molecule has 6 heteroatoms. The van der Waals surface area contributed by atoms with Crippen LogP contribution in [-0.2, 0) is 4.79 Å². The maximum Gasteiger partial charge on any atom is 0.397 e. The van der Waals surface area contributed by atoms with Crippen molar-refractivity contribution < 1.29 is 18.0 Å². The van der Waals surface area contributed by atoms with Gasteiger partial charge in [-0.25, -0.2) is 0 Å². The summed E-state index contributed by atoms with van der Waals surface area (Å²) in [5.74, 6) is -0.881. The lowest BCUT2D eigenvalue weighted by Gasteiger charge is -2.17. The van der Waals surface area contributed by atoms with Gasteiger partial charge >= 0.3 is 6.18 Å². The Morgan fingerprint density at radius 3 is 2.43 bits per heavy atom. The van der Waals surface area contributed by atoms with Gasteiger partial charge in [0.05, 0.1) is 0 Å². The van der Waals surface area contributed by atoms with Crippen molar-refractivity contribution in [1.82, 2.24) is 10.2 Å². The van der Waals surface area contributed by atoms with E-state index in [1.807, 2.05) is 0 Å². The third-order valence-corrected chi connectivity index (χ3v) is 1.70. The fourth-order valence-corrected chi connectivity index (χ4v) is 0.924. The Hall–Kier alpha value is -0.780. The van der Waals surface area contributed by atoms with E-state index in [-0.39, 0.29) is 0 Å². The first kappa shape index (κ1) is 13.2. The summed E-state index contributed by atoms with van der Waals surface area (Å²) in [6, 6.07) is 0. The largest absolute Gasteiger partial charge is 0.397 e. The van der Waals surface area contributed by atoms with E-state index in [1.165, 1.54) is 7.05 Å². The third-order valence-electron chi connectivity index (χ3n) is 1.70. The van der Waals surface area contributed by atoms with Gasteiger partial charge in [-0.05, 0) is 20.0 Å². The monoisotopic (exact) mass is 212 g/mol. The topological polar surface area (TPSA) is 32.3 Å². The molecule has 14 heavy (non-hydrogen) atoms. The molecule has 0 aliphatic rings. The molecule has 0 spiro atoms. The van der Waals surface area contributed by atoms with E-state index in [1.54, 1.807) is 7.05 Å². The first-order valence-electron chi connectivity index (χ1n) is 4.32. The summed E-state index contributed by atoms with van der Waals surface area (Å²) in [4.78, 5) is 12.0. The number of amides is 1. The maximum atomic E-state index is 11.8. The van der Waals surface area contributed by atoms with Crippen LogP contribution in [0.4, 0.5) is 13.2 Å².